The molecule has 0 radical (unpaired) electrons. The van der Waals surface area contributed by atoms with E-state index >= 15 is 0 Å². The summed E-state index contributed by atoms with van der Waals surface area (Å²) >= 11 is 7.40. The van der Waals surface area contributed by atoms with Crippen molar-refractivity contribution in [1.29, 1.82) is 0 Å². The molecule has 3 aromatic heterocycles. The Balaban J connectivity index is 1.46. The van der Waals surface area contributed by atoms with E-state index in [2.05, 4.69) is 15.1 Å². The molecule has 27 heavy (non-hydrogen) atoms. The molecule has 1 saturated heterocycles. The Morgan fingerprint density at radius 1 is 1.37 bits per heavy atom. The summed E-state index contributed by atoms with van der Waals surface area (Å²) in [6.07, 6.45) is 4.56. The van der Waals surface area contributed by atoms with Gasteiger partial charge in [0, 0.05) is 13.6 Å². The zero-order valence-electron chi connectivity index (χ0n) is 14.7. The van der Waals surface area contributed by atoms with Crippen molar-refractivity contribution in [2.24, 2.45) is 7.05 Å². The summed E-state index contributed by atoms with van der Waals surface area (Å²) in [6.45, 7) is 1.18. The van der Waals surface area contributed by atoms with Gasteiger partial charge in [-0.3, -0.25) is 9.48 Å². The minimum atomic E-state index is -0.145. The van der Waals surface area contributed by atoms with E-state index in [1.807, 2.05) is 23.6 Å². The van der Waals surface area contributed by atoms with Crippen LogP contribution in [0.3, 0.4) is 0 Å². The van der Waals surface area contributed by atoms with Crippen LogP contribution in [-0.4, -0.2) is 49.7 Å². The third kappa shape index (κ3) is 3.96. The Labute approximate surface area is 165 Å². The molecule has 1 atom stereocenters. The molecule has 4 heterocycles. The predicted octanol–water partition coefficient (Wildman–Crippen LogP) is 3.28. The lowest BCUT2D eigenvalue weighted by Gasteiger charge is -2.32. The number of nitrogens with zero attached hydrogens (tertiary/aromatic N) is 5. The number of carbonyl (C=O) groups is 1. The Morgan fingerprint density at radius 3 is 2.93 bits per heavy atom. The minimum Gasteiger partial charge on any atom is -0.458 e. The molecule has 0 aliphatic carbocycles. The quantitative estimate of drug-likeness (QED) is 0.668. The average Bonchev–Trinajstić information content (AvgIpc) is 3.33. The highest BCUT2D eigenvalue weighted by atomic mass is 35.5. The highest BCUT2D eigenvalue weighted by molar-refractivity contribution is 7.13. The van der Waals surface area contributed by atoms with Gasteiger partial charge in [0.05, 0.1) is 28.8 Å². The second kappa shape index (κ2) is 7.66. The van der Waals surface area contributed by atoms with Crippen LogP contribution < -0.4 is 4.74 Å². The fraction of sp³-hybridized carbons (Fsp3) is 0.333. The molecule has 7 nitrogen and oxygen atoms in total. The second-order valence-corrected chi connectivity index (χ2v) is 7.72. The molecule has 1 amide bonds. The molecular weight excluding hydrogens is 386 g/mol. The third-order valence-electron chi connectivity index (χ3n) is 4.41. The van der Waals surface area contributed by atoms with Gasteiger partial charge in [0.15, 0.2) is 0 Å². The molecule has 1 fully saturated rings. The van der Waals surface area contributed by atoms with E-state index in [0.29, 0.717) is 23.8 Å². The highest BCUT2D eigenvalue weighted by Crippen LogP contribution is 2.25. The van der Waals surface area contributed by atoms with Gasteiger partial charge in [0.2, 0.25) is 0 Å². The van der Waals surface area contributed by atoms with E-state index in [1.165, 1.54) is 12.4 Å². The van der Waals surface area contributed by atoms with Crippen LogP contribution in [0.1, 0.15) is 23.3 Å². The zero-order valence-corrected chi connectivity index (χ0v) is 16.3. The number of aryl methyl sites for hydroxylation is 1. The summed E-state index contributed by atoms with van der Waals surface area (Å²) < 4.78 is 7.47. The summed E-state index contributed by atoms with van der Waals surface area (Å²) in [5.74, 6) is -0.0434. The maximum Gasteiger partial charge on any atom is 0.316 e. The maximum absolute atomic E-state index is 13.0. The van der Waals surface area contributed by atoms with E-state index < -0.39 is 0 Å². The zero-order chi connectivity index (χ0) is 18.8. The van der Waals surface area contributed by atoms with E-state index in [-0.39, 0.29) is 18.0 Å². The maximum atomic E-state index is 13.0. The topological polar surface area (TPSA) is 73.1 Å². The number of hydrogen-bond acceptors (Lipinski definition) is 6. The molecule has 9 heteroatoms. The van der Waals surface area contributed by atoms with Gasteiger partial charge < -0.3 is 9.64 Å². The Bertz CT molecular complexity index is 926. The van der Waals surface area contributed by atoms with Gasteiger partial charge in [-0.1, -0.05) is 17.7 Å². The van der Waals surface area contributed by atoms with Crippen molar-refractivity contribution in [2.75, 3.05) is 13.1 Å². The number of piperidine rings is 1. The number of rotatable bonds is 4. The Morgan fingerprint density at radius 2 is 2.19 bits per heavy atom. The van der Waals surface area contributed by atoms with Crippen LogP contribution in [0.2, 0.25) is 5.02 Å². The summed E-state index contributed by atoms with van der Waals surface area (Å²) in [5.41, 5.74) is 1.39. The van der Waals surface area contributed by atoms with Gasteiger partial charge in [-0.2, -0.15) is 5.10 Å². The molecule has 3 aromatic rings. The molecule has 140 valence electrons. The first-order chi connectivity index (χ1) is 13.1. The molecule has 1 aliphatic rings. The summed E-state index contributed by atoms with van der Waals surface area (Å²) in [5, 5.41) is 6.94. The van der Waals surface area contributed by atoms with Gasteiger partial charge in [-0.05, 0) is 30.4 Å². The molecule has 0 N–H and O–H groups in total. The van der Waals surface area contributed by atoms with E-state index in [9.17, 15) is 4.79 Å². The first-order valence-corrected chi connectivity index (χ1v) is 9.87. The number of amides is 1. The number of carbonyl (C=O) groups excluding carboxylic acids is 1. The van der Waals surface area contributed by atoms with Gasteiger partial charge in [0.25, 0.3) is 5.91 Å². The smallest absolute Gasteiger partial charge is 0.316 e. The third-order valence-corrected chi connectivity index (χ3v) is 5.49. The van der Waals surface area contributed by atoms with Crippen molar-refractivity contribution in [2.45, 2.75) is 18.9 Å². The lowest BCUT2D eigenvalue weighted by Crippen LogP contribution is -2.45. The molecule has 0 spiro atoms. The number of likely N-dealkylation sites (tertiary alicyclic amines) is 1. The highest BCUT2D eigenvalue weighted by Gasteiger charge is 2.28. The number of hydrogen-bond donors (Lipinski definition) is 0. The normalized spacial score (nSPS) is 17.1. The SMILES string of the molecule is Cn1nc(-c2cccs2)cc1C(=O)N1CCCC(Oc2ncc(Cl)cn2)C1. The van der Waals surface area contributed by atoms with Crippen LogP contribution in [0.25, 0.3) is 10.6 Å². The lowest BCUT2D eigenvalue weighted by atomic mass is 10.1. The van der Waals surface area contributed by atoms with E-state index in [0.717, 1.165) is 23.4 Å². The van der Waals surface area contributed by atoms with Gasteiger partial charge >= 0.3 is 6.01 Å². The molecular formula is C18H18ClN5O2S. The molecule has 0 aromatic carbocycles. The Hall–Kier alpha value is -2.45. The van der Waals surface area contributed by atoms with Crippen molar-refractivity contribution in [1.82, 2.24) is 24.6 Å². The van der Waals surface area contributed by atoms with Crippen molar-refractivity contribution < 1.29 is 9.53 Å². The molecule has 1 aliphatic heterocycles. The average molecular weight is 404 g/mol. The van der Waals surface area contributed by atoms with Crippen molar-refractivity contribution in [3.8, 4) is 16.6 Å². The fourth-order valence-electron chi connectivity index (χ4n) is 3.10. The summed E-state index contributed by atoms with van der Waals surface area (Å²) in [7, 11) is 1.80. The van der Waals surface area contributed by atoms with E-state index in [1.54, 1.807) is 28.0 Å². The molecule has 4 rings (SSSR count). The summed E-state index contributed by atoms with van der Waals surface area (Å²) in [6, 6.07) is 6.10. The van der Waals surface area contributed by atoms with Crippen LogP contribution in [0, 0.1) is 0 Å². The second-order valence-electron chi connectivity index (χ2n) is 6.33. The standard InChI is InChI=1S/C18H18ClN5O2S/c1-23-15(8-14(22-23)16-5-3-7-27-16)17(25)24-6-2-4-13(11-24)26-18-20-9-12(19)10-21-18/h3,5,7-10,13H,2,4,6,11H2,1H3. The predicted molar refractivity (Wildman–Crippen MR) is 103 cm³/mol. The van der Waals surface area contributed by atoms with Crippen LogP contribution in [0.5, 0.6) is 6.01 Å². The van der Waals surface area contributed by atoms with Crippen LogP contribution in [0.15, 0.2) is 36.0 Å². The van der Waals surface area contributed by atoms with E-state index in [4.69, 9.17) is 16.3 Å². The number of thiophene rings is 1. The van der Waals surface area contributed by atoms with Crippen LogP contribution in [0.4, 0.5) is 0 Å². The lowest BCUT2D eigenvalue weighted by molar-refractivity contribution is 0.0506. The van der Waals surface area contributed by atoms with Gasteiger partial charge in [0.1, 0.15) is 17.5 Å². The first-order valence-electron chi connectivity index (χ1n) is 8.61. The first kappa shape index (κ1) is 17.9. The molecule has 0 saturated carbocycles. The summed E-state index contributed by atoms with van der Waals surface area (Å²) in [4.78, 5) is 24.0. The largest absolute Gasteiger partial charge is 0.458 e. The number of aromatic nitrogens is 4. The monoisotopic (exact) mass is 403 g/mol. The minimum absolute atomic E-state index is 0.0434. The van der Waals surface area contributed by atoms with Crippen molar-refractivity contribution in [3.05, 3.63) is 46.7 Å². The van der Waals surface area contributed by atoms with Crippen LogP contribution >= 0.6 is 22.9 Å². The van der Waals surface area contributed by atoms with Gasteiger partial charge in [-0.25, -0.2) is 9.97 Å². The number of ether oxygens (including phenoxy) is 1. The van der Waals surface area contributed by atoms with Crippen molar-refractivity contribution >= 4 is 28.8 Å². The van der Waals surface area contributed by atoms with Crippen LogP contribution in [-0.2, 0) is 7.05 Å². The molecule has 0 bridgehead atoms. The molecule has 1 unspecified atom stereocenters. The Kier molecular flexibility index (Phi) is 5.09. The fourth-order valence-corrected chi connectivity index (χ4v) is 3.88. The van der Waals surface area contributed by atoms with Crippen molar-refractivity contribution in [3.63, 3.8) is 0 Å². The van der Waals surface area contributed by atoms with Gasteiger partial charge in [-0.15, -0.1) is 11.3 Å². The number of halogens is 1.